The van der Waals surface area contributed by atoms with Crippen molar-refractivity contribution in [3.8, 4) is 6.07 Å². The van der Waals surface area contributed by atoms with Crippen LogP contribution >= 0.6 is 11.3 Å². The molecule has 1 aromatic heterocycles. The molecule has 6 heteroatoms. The number of nitrogens with one attached hydrogen (secondary N) is 1. The number of carbonyl (C=O) groups is 2. The molecule has 0 aliphatic rings. The van der Waals surface area contributed by atoms with E-state index in [4.69, 9.17) is 10.00 Å². The van der Waals surface area contributed by atoms with E-state index in [1.807, 2.05) is 43.3 Å². The average molecular weight is 328 g/mol. The van der Waals surface area contributed by atoms with Gasteiger partial charge in [0.1, 0.15) is 10.9 Å². The van der Waals surface area contributed by atoms with E-state index in [2.05, 4.69) is 5.32 Å². The molecule has 1 aromatic carbocycles. The molecule has 0 saturated carbocycles. The Morgan fingerprint density at radius 1 is 1.35 bits per heavy atom. The number of anilines is 1. The number of nitriles is 1. The maximum atomic E-state index is 12.6. The van der Waals surface area contributed by atoms with Crippen molar-refractivity contribution >= 4 is 28.9 Å². The molecule has 0 bridgehead atoms. The quantitative estimate of drug-likeness (QED) is 0.851. The molecule has 0 aliphatic heterocycles. The van der Waals surface area contributed by atoms with Gasteiger partial charge in [0.15, 0.2) is 0 Å². The zero-order valence-corrected chi connectivity index (χ0v) is 13.6. The van der Waals surface area contributed by atoms with Crippen molar-refractivity contribution in [1.29, 1.82) is 5.26 Å². The van der Waals surface area contributed by atoms with E-state index < -0.39 is 5.97 Å². The van der Waals surface area contributed by atoms with Crippen LogP contribution in [0.1, 0.15) is 40.1 Å². The molecule has 23 heavy (non-hydrogen) atoms. The van der Waals surface area contributed by atoms with Crippen LogP contribution in [0.25, 0.3) is 0 Å². The Hall–Kier alpha value is -2.65. The highest BCUT2D eigenvalue weighted by Gasteiger charge is 2.24. The molecule has 118 valence electrons. The first kappa shape index (κ1) is 16.7. The highest BCUT2D eigenvalue weighted by atomic mass is 32.1. The summed E-state index contributed by atoms with van der Waals surface area (Å²) in [6.45, 7) is 1.91. The van der Waals surface area contributed by atoms with E-state index in [1.165, 1.54) is 12.5 Å². The Bertz CT molecular complexity index is 747. The second kappa shape index (κ2) is 7.56. The normalized spacial score (nSPS) is 11.3. The van der Waals surface area contributed by atoms with Gasteiger partial charge < -0.3 is 10.1 Å². The van der Waals surface area contributed by atoms with Gasteiger partial charge in [0.25, 0.3) is 0 Å². The summed E-state index contributed by atoms with van der Waals surface area (Å²) in [6.07, 6.45) is 0.607. The summed E-state index contributed by atoms with van der Waals surface area (Å²) in [6, 6.07) is 11.4. The lowest BCUT2D eigenvalue weighted by molar-refractivity contribution is -0.117. The number of nitrogens with zero attached hydrogens (tertiary/aromatic N) is 1. The molecule has 0 aliphatic carbocycles. The molecule has 2 rings (SSSR count). The second-order valence-electron chi connectivity index (χ2n) is 4.82. The molecule has 0 radical (unpaired) electrons. The zero-order valence-electron chi connectivity index (χ0n) is 12.8. The lowest BCUT2D eigenvalue weighted by Gasteiger charge is -2.15. The first-order chi connectivity index (χ1) is 11.1. The number of carbonyl (C=O) groups excluding carboxylic acids is 2. The van der Waals surface area contributed by atoms with Gasteiger partial charge in [-0.15, -0.1) is 11.3 Å². The number of hydrogen-bond acceptors (Lipinski definition) is 5. The number of hydrogen-bond donors (Lipinski definition) is 1. The van der Waals surface area contributed by atoms with Gasteiger partial charge in [-0.25, -0.2) is 4.79 Å². The summed E-state index contributed by atoms with van der Waals surface area (Å²) in [5.74, 6) is -1.17. The Morgan fingerprint density at radius 3 is 2.61 bits per heavy atom. The van der Waals surface area contributed by atoms with Crippen LogP contribution in [-0.4, -0.2) is 19.0 Å². The van der Waals surface area contributed by atoms with Crippen LogP contribution in [-0.2, 0) is 9.53 Å². The van der Waals surface area contributed by atoms with Gasteiger partial charge in [-0.2, -0.15) is 5.26 Å². The highest BCUT2D eigenvalue weighted by molar-refractivity contribution is 7.12. The smallest absolute Gasteiger partial charge is 0.350 e. The average Bonchev–Trinajstić information content (AvgIpc) is 2.98. The monoisotopic (exact) mass is 328 g/mol. The van der Waals surface area contributed by atoms with Crippen molar-refractivity contribution in [3.63, 3.8) is 0 Å². The SMILES string of the molecule is CCC(C(=O)Nc1c(C#N)csc1C(=O)OC)c1ccccc1. The molecule has 1 atom stereocenters. The molecular formula is C17H16N2O3S. The molecule has 0 spiro atoms. The number of rotatable bonds is 5. The van der Waals surface area contributed by atoms with Crippen molar-refractivity contribution in [1.82, 2.24) is 0 Å². The van der Waals surface area contributed by atoms with E-state index in [0.29, 0.717) is 6.42 Å². The Kier molecular flexibility index (Phi) is 5.50. The third kappa shape index (κ3) is 3.58. The number of methoxy groups -OCH3 is 1. The van der Waals surface area contributed by atoms with Crippen molar-refractivity contribution in [2.45, 2.75) is 19.3 Å². The molecule has 2 aromatic rings. The van der Waals surface area contributed by atoms with E-state index in [0.717, 1.165) is 16.9 Å². The van der Waals surface area contributed by atoms with Crippen LogP contribution in [0.4, 0.5) is 5.69 Å². The van der Waals surface area contributed by atoms with E-state index in [-0.39, 0.29) is 28.0 Å². The summed E-state index contributed by atoms with van der Waals surface area (Å²) in [4.78, 5) is 24.6. The van der Waals surface area contributed by atoms with Crippen LogP contribution in [0, 0.1) is 11.3 Å². The molecular weight excluding hydrogens is 312 g/mol. The number of esters is 1. The van der Waals surface area contributed by atoms with Crippen LogP contribution in [0.2, 0.25) is 0 Å². The number of ether oxygens (including phenoxy) is 1. The lowest BCUT2D eigenvalue weighted by Crippen LogP contribution is -2.22. The van der Waals surface area contributed by atoms with Crippen LogP contribution in [0.5, 0.6) is 0 Å². The maximum Gasteiger partial charge on any atom is 0.350 e. The van der Waals surface area contributed by atoms with Crippen molar-refractivity contribution in [3.05, 3.63) is 51.7 Å². The summed E-state index contributed by atoms with van der Waals surface area (Å²) in [5, 5.41) is 13.4. The molecule has 5 nitrogen and oxygen atoms in total. The fourth-order valence-electron chi connectivity index (χ4n) is 2.28. The minimum absolute atomic E-state index is 0.223. The van der Waals surface area contributed by atoms with Gasteiger partial charge in [-0.3, -0.25) is 4.79 Å². The third-order valence-electron chi connectivity index (χ3n) is 3.46. The molecule has 1 amide bonds. The van der Waals surface area contributed by atoms with Gasteiger partial charge in [-0.1, -0.05) is 37.3 Å². The largest absolute Gasteiger partial charge is 0.465 e. The Balaban J connectivity index is 2.31. The van der Waals surface area contributed by atoms with Crippen molar-refractivity contribution in [2.24, 2.45) is 0 Å². The van der Waals surface area contributed by atoms with Gasteiger partial charge >= 0.3 is 5.97 Å². The fraction of sp³-hybridized carbons (Fsp3) is 0.235. The minimum atomic E-state index is -0.570. The van der Waals surface area contributed by atoms with Gasteiger partial charge in [0.05, 0.1) is 24.3 Å². The third-order valence-corrected chi connectivity index (χ3v) is 4.42. The van der Waals surface area contributed by atoms with Crippen LogP contribution < -0.4 is 5.32 Å². The second-order valence-corrected chi connectivity index (χ2v) is 5.70. The van der Waals surface area contributed by atoms with Gasteiger partial charge in [-0.05, 0) is 12.0 Å². The molecule has 0 saturated heterocycles. The topological polar surface area (TPSA) is 79.2 Å². The lowest BCUT2D eigenvalue weighted by atomic mass is 9.95. The molecule has 1 N–H and O–H groups in total. The van der Waals surface area contributed by atoms with Crippen molar-refractivity contribution in [2.75, 3.05) is 12.4 Å². The zero-order chi connectivity index (χ0) is 16.8. The Morgan fingerprint density at radius 2 is 2.04 bits per heavy atom. The summed E-state index contributed by atoms with van der Waals surface area (Å²) >= 11 is 1.08. The first-order valence-electron chi connectivity index (χ1n) is 7.08. The first-order valence-corrected chi connectivity index (χ1v) is 7.96. The summed E-state index contributed by atoms with van der Waals surface area (Å²) in [7, 11) is 1.26. The number of thiophene rings is 1. The van der Waals surface area contributed by atoms with E-state index >= 15 is 0 Å². The summed E-state index contributed by atoms with van der Waals surface area (Å²) < 4.78 is 4.70. The van der Waals surface area contributed by atoms with E-state index in [9.17, 15) is 9.59 Å². The molecule has 1 heterocycles. The minimum Gasteiger partial charge on any atom is -0.465 e. The van der Waals surface area contributed by atoms with Crippen LogP contribution in [0.3, 0.4) is 0 Å². The maximum absolute atomic E-state index is 12.6. The molecule has 0 fully saturated rings. The van der Waals surface area contributed by atoms with Gasteiger partial charge in [0.2, 0.25) is 5.91 Å². The summed E-state index contributed by atoms with van der Waals surface area (Å²) in [5.41, 5.74) is 1.37. The van der Waals surface area contributed by atoms with E-state index in [1.54, 1.807) is 0 Å². The standard InChI is InChI=1S/C17H16N2O3S/c1-3-13(11-7-5-4-6-8-11)16(20)19-14-12(9-18)10-23-15(14)17(21)22-2/h4-8,10,13H,3H2,1-2H3,(H,19,20). The highest BCUT2D eigenvalue weighted by Crippen LogP contribution is 2.30. The van der Waals surface area contributed by atoms with Gasteiger partial charge in [0, 0.05) is 5.38 Å². The number of benzene rings is 1. The van der Waals surface area contributed by atoms with Crippen LogP contribution in [0.15, 0.2) is 35.7 Å². The fourth-order valence-corrected chi connectivity index (χ4v) is 3.14. The van der Waals surface area contributed by atoms with Crippen molar-refractivity contribution < 1.29 is 14.3 Å². The number of amides is 1. The predicted octanol–water partition coefficient (Wildman–Crippen LogP) is 3.54. The Labute approximate surface area is 138 Å². The predicted molar refractivity (Wildman–Crippen MR) is 88.5 cm³/mol. The molecule has 1 unspecified atom stereocenters.